The quantitative estimate of drug-likeness (QED) is 0.884. The lowest BCUT2D eigenvalue weighted by atomic mass is 10.2. The van der Waals surface area contributed by atoms with Gasteiger partial charge in [0.25, 0.3) is 0 Å². The van der Waals surface area contributed by atoms with Gasteiger partial charge in [-0.2, -0.15) is 5.10 Å². The molecule has 1 aliphatic heterocycles. The summed E-state index contributed by atoms with van der Waals surface area (Å²) in [6.07, 6.45) is 6.86. The second-order valence-electron chi connectivity index (χ2n) is 6.51. The average Bonchev–Trinajstić information content (AvgIpc) is 3.10. The number of rotatable bonds is 5. The molecule has 8 nitrogen and oxygen atoms in total. The van der Waals surface area contributed by atoms with Gasteiger partial charge in [-0.15, -0.1) is 0 Å². The highest BCUT2D eigenvalue weighted by Gasteiger charge is 2.26. The number of carbonyl (C=O) groups is 1. The van der Waals surface area contributed by atoms with E-state index in [1.807, 2.05) is 31.5 Å². The van der Waals surface area contributed by atoms with Crippen molar-refractivity contribution in [3.8, 4) is 0 Å². The summed E-state index contributed by atoms with van der Waals surface area (Å²) in [4.78, 5) is 25.5. The molecule has 0 unspecified atom stereocenters. The molecule has 1 fully saturated rings. The number of nitrogens with zero attached hydrogens (tertiary/aromatic N) is 6. The molecule has 2 aromatic rings. The van der Waals surface area contributed by atoms with Gasteiger partial charge in [0.1, 0.15) is 11.6 Å². The van der Waals surface area contributed by atoms with Gasteiger partial charge >= 0.3 is 0 Å². The molecule has 1 amide bonds. The zero-order valence-electron chi connectivity index (χ0n) is 15.0. The van der Waals surface area contributed by atoms with E-state index < -0.39 is 0 Å². The highest BCUT2D eigenvalue weighted by Crippen LogP contribution is 2.16. The van der Waals surface area contributed by atoms with Crippen LogP contribution in [0.1, 0.15) is 26.8 Å². The second-order valence-corrected chi connectivity index (χ2v) is 6.51. The summed E-state index contributed by atoms with van der Waals surface area (Å²) in [6, 6.07) is 1.84. The molecule has 3 heterocycles. The molecule has 0 aromatic carbocycles. The van der Waals surface area contributed by atoms with Crippen LogP contribution in [0.15, 0.2) is 30.9 Å². The van der Waals surface area contributed by atoms with Crippen molar-refractivity contribution in [3.05, 3.63) is 30.9 Å². The number of carbonyl (C=O) groups excluding carboxylic acids is 1. The minimum absolute atomic E-state index is 0.00430. The lowest BCUT2D eigenvalue weighted by molar-refractivity contribution is -0.120. The Morgan fingerprint density at radius 2 is 1.88 bits per heavy atom. The van der Waals surface area contributed by atoms with Crippen molar-refractivity contribution in [1.82, 2.24) is 24.6 Å². The molecule has 1 saturated heterocycles. The maximum atomic E-state index is 12.6. The molecule has 134 valence electrons. The Kier molecular flexibility index (Phi) is 5.28. The first-order valence-electron chi connectivity index (χ1n) is 8.65. The summed E-state index contributed by atoms with van der Waals surface area (Å²) in [6.45, 7) is 9.32. The Hall–Kier alpha value is -2.48. The van der Waals surface area contributed by atoms with Gasteiger partial charge in [0.05, 0.1) is 18.4 Å². The summed E-state index contributed by atoms with van der Waals surface area (Å²) in [7, 11) is 0. The molecule has 0 spiro atoms. The Labute approximate surface area is 147 Å². The number of anilines is 2. The molecule has 0 saturated carbocycles. The van der Waals surface area contributed by atoms with E-state index in [1.165, 1.54) is 0 Å². The van der Waals surface area contributed by atoms with E-state index in [9.17, 15) is 4.79 Å². The third-order valence-electron chi connectivity index (χ3n) is 4.53. The molecule has 1 N–H and O–H groups in total. The number of aromatic nitrogens is 4. The number of hydrogen-bond donors (Lipinski definition) is 1. The predicted molar refractivity (Wildman–Crippen MR) is 96.5 cm³/mol. The monoisotopic (exact) mass is 343 g/mol. The normalized spacial score (nSPS) is 16.9. The Morgan fingerprint density at radius 1 is 1.12 bits per heavy atom. The van der Waals surface area contributed by atoms with Gasteiger partial charge in [-0.1, -0.05) is 0 Å². The maximum Gasteiger partial charge on any atom is 0.242 e. The lowest BCUT2D eigenvalue weighted by Crippen LogP contribution is -2.53. The molecule has 0 bridgehead atoms. The Morgan fingerprint density at radius 3 is 2.52 bits per heavy atom. The fraction of sp³-hybridized carbons (Fsp3) is 0.529. The molecular formula is C17H25N7O. The minimum Gasteiger partial charge on any atom is -0.353 e. The van der Waals surface area contributed by atoms with Crippen molar-refractivity contribution < 1.29 is 4.79 Å². The van der Waals surface area contributed by atoms with Gasteiger partial charge < -0.3 is 10.2 Å². The van der Waals surface area contributed by atoms with Crippen LogP contribution in [0, 0.1) is 0 Å². The molecular weight excluding hydrogens is 318 g/mol. The number of hydrogen-bond acceptors (Lipinski definition) is 6. The molecule has 0 radical (unpaired) electrons. The molecule has 25 heavy (non-hydrogen) atoms. The van der Waals surface area contributed by atoms with Crippen molar-refractivity contribution in [3.63, 3.8) is 0 Å². The molecule has 3 rings (SSSR count). The fourth-order valence-electron chi connectivity index (χ4n) is 3.01. The standard InChI is InChI=1S/C17H25N7O/c1-13(2)24-15(4-5-20-24)21-17(25)14(3)22-8-10-23(11-9-22)16-12-18-6-7-19-16/h4-7,12-14H,8-11H2,1-3H3,(H,21,25)/t14-/m0/s1. The predicted octanol–water partition coefficient (Wildman–Crippen LogP) is 1.40. The highest BCUT2D eigenvalue weighted by atomic mass is 16.2. The van der Waals surface area contributed by atoms with E-state index in [2.05, 4.69) is 30.2 Å². The topological polar surface area (TPSA) is 79.2 Å². The van der Waals surface area contributed by atoms with Crippen molar-refractivity contribution >= 4 is 17.5 Å². The van der Waals surface area contributed by atoms with Crippen LogP contribution in [-0.2, 0) is 4.79 Å². The van der Waals surface area contributed by atoms with Crippen LogP contribution in [0.25, 0.3) is 0 Å². The molecule has 2 aromatic heterocycles. The van der Waals surface area contributed by atoms with E-state index in [0.717, 1.165) is 37.8 Å². The maximum absolute atomic E-state index is 12.6. The zero-order chi connectivity index (χ0) is 17.8. The number of amides is 1. The van der Waals surface area contributed by atoms with E-state index in [-0.39, 0.29) is 18.0 Å². The Balaban J connectivity index is 1.56. The van der Waals surface area contributed by atoms with Crippen LogP contribution < -0.4 is 10.2 Å². The van der Waals surface area contributed by atoms with E-state index in [1.54, 1.807) is 24.8 Å². The number of piperazine rings is 1. The smallest absolute Gasteiger partial charge is 0.242 e. The third-order valence-corrected chi connectivity index (χ3v) is 4.53. The molecule has 1 aliphatic rings. The van der Waals surface area contributed by atoms with E-state index >= 15 is 0 Å². The summed E-state index contributed by atoms with van der Waals surface area (Å²) in [5.74, 6) is 1.63. The van der Waals surface area contributed by atoms with Gasteiger partial charge in [0.2, 0.25) is 5.91 Å². The summed E-state index contributed by atoms with van der Waals surface area (Å²) in [5, 5.41) is 7.25. The van der Waals surface area contributed by atoms with Crippen LogP contribution in [0.3, 0.4) is 0 Å². The van der Waals surface area contributed by atoms with Crippen molar-refractivity contribution in [2.75, 3.05) is 36.4 Å². The van der Waals surface area contributed by atoms with Crippen LogP contribution in [0.2, 0.25) is 0 Å². The van der Waals surface area contributed by atoms with Crippen LogP contribution >= 0.6 is 0 Å². The summed E-state index contributed by atoms with van der Waals surface area (Å²) in [5.41, 5.74) is 0. The largest absolute Gasteiger partial charge is 0.353 e. The van der Waals surface area contributed by atoms with E-state index in [0.29, 0.717) is 0 Å². The van der Waals surface area contributed by atoms with Crippen LogP contribution in [0.4, 0.5) is 11.6 Å². The fourth-order valence-corrected chi connectivity index (χ4v) is 3.01. The van der Waals surface area contributed by atoms with Gasteiger partial charge in [0.15, 0.2) is 0 Å². The Bertz CT molecular complexity index is 692. The molecule has 0 aliphatic carbocycles. The highest BCUT2D eigenvalue weighted by molar-refractivity contribution is 5.93. The molecule has 1 atom stereocenters. The lowest BCUT2D eigenvalue weighted by Gasteiger charge is -2.37. The van der Waals surface area contributed by atoms with Gasteiger partial charge in [-0.25, -0.2) is 9.67 Å². The van der Waals surface area contributed by atoms with Crippen molar-refractivity contribution in [2.24, 2.45) is 0 Å². The van der Waals surface area contributed by atoms with E-state index in [4.69, 9.17) is 0 Å². The zero-order valence-corrected chi connectivity index (χ0v) is 15.0. The van der Waals surface area contributed by atoms with Crippen LogP contribution in [-0.4, -0.2) is 62.8 Å². The summed E-state index contributed by atoms with van der Waals surface area (Å²) >= 11 is 0. The first-order valence-corrected chi connectivity index (χ1v) is 8.65. The first kappa shape index (κ1) is 17.3. The van der Waals surface area contributed by atoms with Crippen molar-refractivity contribution in [2.45, 2.75) is 32.9 Å². The summed E-state index contributed by atoms with van der Waals surface area (Å²) < 4.78 is 1.82. The average molecular weight is 343 g/mol. The van der Waals surface area contributed by atoms with Crippen LogP contribution in [0.5, 0.6) is 0 Å². The third kappa shape index (κ3) is 3.96. The first-order chi connectivity index (χ1) is 12.1. The molecule has 8 heteroatoms. The van der Waals surface area contributed by atoms with Gasteiger partial charge in [-0.3, -0.25) is 14.7 Å². The van der Waals surface area contributed by atoms with Gasteiger partial charge in [-0.05, 0) is 20.8 Å². The van der Waals surface area contributed by atoms with Gasteiger partial charge in [0, 0.05) is 50.7 Å². The minimum atomic E-state index is -0.195. The van der Waals surface area contributed by atoms with Crippen molar-refractivity contribution in [1.29, 1.82) is 0 Å². The second kappa shape index (κ2) is 7.60. The SMILES string of the molecule is CC(C)n1nccc1NC(=O)[C@H](C)N1CCN(c2cnccn2)CC1. The number of nitrogens with one attached hydrogen (secondary N) is 1.